The van der Waals surface area contributed by atoms with Crippen molar-refractivity contribution in [2.75, 3.05) is 13.1 Å². The van der Waals surface area contributed by atoms with Gasteiger partial charge in [-0.2, -0.15) is 0 Å². The SMILES string of the molecule is CC(C)Oc1cc(CN2CC(CN=[N+]=[N-])CC2=O)ccn1. The van der Waals surface area contributed by atoms with E-state index in [4.69, 9.17) is 10.3 Å². The summed E-state index contributed by atoms with van der Waals surface area (Å²) in [7, 11) is 0. The van der Waals surface area contributed by atoms with Crippen LogP contribution in [0.15, 0.2) is 23.4 Å². The normalized spacial score (nSPS) is 18.0. The number of carbonyl (C=O) groups excluding carboxylic acids is 1. The van der Waals surface area contributed by atoms with Crippen LogP contribution in [0.25, 0.3) is 10.4 Å². The Balaban J connectivity index is 1.98. The van der Waals surface area contributed by atoms with Crippen LogP contribution in [-0.2, 0) is 11.3 Å². The third-order valence-corrected chi connectivity index (χ3v) is 3.23. The molecule has 0 saturated carbocycles. The number of hydrogen-bond acceptors (Lipinski definition) is 4. The molecule has 1 atom stereocenters. The fourth-order valence-electron chi connectivity index (χ4n) is 2.36. The molecule has 1 saturated heterocycles. The van der Waals surface area contributed by atoms with Gasteiger partial charge in [0.25, 0.3) is 0 Å². The quantitative estimate of drug-likeness (QED) is 0.457. The fourth-order valence-corrected chi connectivity index (χ4v) is 2.36. The average molecular weight is 289 g/mol. The minimum absolute atomic E-state index is 0.0643. The first kappa shape index (κ1) is 15.1. The van der Waals surface area contributed by atoms with Gasteiger partial charge >= 0.3 is 0 Å². The maximum atomic E-state index is 12.0. The van der Waals surface area contributed by atoms with Crippen LogP contribution in [0.2, 0.25) is 0 Å². The van der Waals surface area contributed by atoms with E-state index in [2.05, 4.69) is 15.0 Å². The number of aromatic nitrogens is 1. The zero-order valence-corrected chi connectivity index (χ0v) is 12.3. The van der Waals surface area contributed by atoms with Crippen LogP contribution in [0, 0.1) is 5.92 Å². The number of hydrogen-bond donors (Lipinski definition) is 0. The van der Waals surface area contributed by atoms with Crippen molar-refractivity contribution < 1.29 is 9.53 Å². The van der Waals surface area contributed by atoms with E-state index in [9.17, 15) is 4.79 Å². The summed E-state index contributed by atoms with van der Waals surface area (Å²) in [6.07, 6.45) is 2.19. The Kier molecular flexibility index (Phi) is 5.00. The van der Waals surface area contributed by atoms with Gasteiger partial charge in [-0.05, 0) is 36.9 Å². The van der Waals surface area contributed by atoms with Crippen LogP contribution in [0.3, 0.4) is 0 Å². The highest BCUT2D eigenvalue weighted by Gasteiger charge is 2.28. The van der Waals surface area contributed by atoms with Crippen LogP contribution in [0.1, 0.15) is 25.8 Å². The molecular formula is C14H19N5O2. The second-order valence-corrected chi connectivity index (χ2v) is 5.43. The van der Waals surface area contributed by atoms with Crippen molar-refractivity contribution in [2.24, 2.45) is 11.0 Å². The lowest BCUT2D eigenvalue weighted by molar-refractivity contribution is -0.128. The largest absolute Gasteiger partial charge is 0.475 e. The van der Waals surface area contributed by atoms with Gasteiger partial charge in [0.1, 0.15) is 0 Å². The van der Waals surface area contributed by atoms with Crippen LogP contribution >= 0.6 is 0 Å². The first-order chi connectivity index (χ1) is 10.1. The second-order valence-electron chi connectivity index (χ2n) is 5.43. The lowest BCUT2D eigenvalue weighted by atomic mass is 10.1. The van der Waals surface area contributed by atoms with Crippen LogP contribution < -0.4 is 4.74 Å². The summed E-state index contributed by atoms with van der Waals surface area (Å²) in [5, 5.41) is 3.55. The Morgan fingerprint density at radius 1 is 1.62 bits per heavy atom. The molecule has 1 fully saturated rings. The number of carbonyl (C=O) groups is 1. The average Bonchev–Trinajstić information content (AvgIpc) is 2.76. The van der Waals surface area contributed by atoms with E-state index >= 15 is 0 Å². The molecule has 2 rings (SSSR count). The van der Waals surface area contributed by atoms with E-state index in [1.165, 1.54) is 0 Å². The first-order valence-electron chi connectivity index (χ1n) is 6.98. The van der Waals surface area contributed by atoms with Gasteiger partial charge in [-0.1, -0.05) is 5.11 Å². The molecule has 0 aromatic carbocycles. The minimum Gasteiger partial charge on any atom is -0.475 e. The molecule has 1 aromatic rings. The lowest BCUT2D eigenvalue weighted by Gasteiger charge is -2.17. The van der Waals surface area contributed by atoms with Crippen molar-refractivity contribution in [3.05, 3.63) is 34.3 Å². The Labute approximate surface area is 123 Å². The summed E-state index contributed by atoms with van der Waals surface area (Å²) >= 11 is 0. The molecule has 1 aromatic heterocycles. The fraction of sp³-hybridized carbons (Fsp3) is 0.571. The Morgan fingerprint density at radius 2 is 2.43 bits per heavy atom. The first-order valence-corrected chi connectivity index (χ1v) is 6.98. The summed E-state index contributed by atoms with van der Waals surface area (Å²) in [6, 6.07) is 3.73. The van der Waals surface area contributed by atoms with E-state index in [1.54, 1.807) is 11.1 Å². The van der Waals surface area contributed by atoms with Crippen LogP contribution in [0.4, 0.5) is 0 Å². The highest BCUT2D eigenvalue weighted by molar-refractivity contribution is 5.78. The number of pyridine rings is 1. The number of nitrogens with zero attached hydrogens (tertiary/aromatic N) is 5. The molecular weight excluding hydrogens is 270 g/mol. The molecule has 7 nitrogen and oxygen atoms in total. The third kappa shape index (κ3) is 4.36. The Morgan fingerprint density at radius 3 is 3.14 bits per heavy atom. The second kappa shape index (κ2) is 6.95. The van der Waals surface area contributed by atoms with Gasteiger partial charge in [-0.3, -0.25) is 4.79 Å². The Bertz CT molecular complexity index is 554. The number of amides is 1. The van der Waals surface area contributed by atoms with Crippen molar-refractivity contribution in [1.29, 1.82) is 0 Å². The van der Waals surface area contributed by atoms with Gasteiger partial charge < -0.3 is 9.64 Å². The van der Waals surface area contributed by atoms with Crippen molar-refractivity contribution in [3.8, 4) is 5.88 Å². The summed E-state index contributed by atoms with van der Waals surface area (Å²) in [5.74, 6) is 0.776. The number of azide groups is 1. The third-order valence-electron chi connectivity index (χ3n) is 3.23. The lowest BCUT2D eigenvalue weighted by Crippen LogP contribution is -2.25. The highest BCUT2D eigenvalue weighted by Crippen LogP contribution is 2.21. The summed E-state index contributed by atoms with van der Waals surface area (Å²) < 4.78 is 5.55. The van der Waals surface area contributed by atoms with E-state index in [0.717, 1.165) is 5.56 Å². The number of ether oxygens (including phenoxy) is 1. The van der Waals surface area contributed by atoms with E-state index in [0.29, 0.717) is 31.9 Å². The molecule has 7 heteroatoms. The smallest absolute Gasteiger partial charge is 0.223 e. The van der Waals surface area contributed by atoms with Gasteiger partial charge in [0, 0.05) is 43.2 Å². The van der Waals surface area contributed by atoms with Gasteiger partial charge in [-0.25, -0.2) is 4.98 Å². The number of likely N-dealkylation sites (tertiary alicyclic amines) is 1. The molecule has 2 heterocycles. The maximum absolute atomic E-state index is 12.0. The van der Waals surface area contributed by atoms with E-state index in [1.807, 2.05) is 26.0 Å². The molecule has 1 aliphatic rings. The zero-order chi connectivity index (χ0) is 15.2. The van der Waals surface area contributed by atoms with Gasteiger partial charge in [0.2, 0.25) is 11.8 Å². The molecule has 0 N–H and O–H groups in total. The highest BCUT2D eigenvalue weighted by atomic mass is 16.5. The molecule has 1 amide bonds. The molecule has 1 unspecified atom stereocenters. The van der Waals surface area contributed by atoms with Crippen LogP contribution in [0.5, 0.6) is 5.88 Å². The summed E-state index contributed by atoms with van der Waals surface area (Å²) in [4.78, 5) is 20.6. The standard InChI is InChI=1S/C14H19N5O2/c1-10(2)21-13-5-11(3-4-16-13)8-19-9-12(6-14(19)20)7-17-18-15/h3-5,10,12H,6-9H2,1-2H3. The van der Waals surface area contributed by atoms with Gasteiger partial charge in [-0.15, -0.1) is 0 Å². The van der Waals surface area contributed by atoms with E-state index in [-0.39, 0.29) is 17.9 Å². The van der Waals surface area contributed by atoms with Crippen molar-refractivity contribution in [2.45, 2.75) is 32.9 Å². The summed E-state index contributed by atoms with van der Waals surface area (Å²) in [5.41, 5.74) is 9.32. The molecule has 0 radical (unpaired) electrons. The monoisotopic (exact) mass is 289 g/mol. The topological polar surface area (TPSA) is 91.2 Å². The van der Waals surface area contributed by atoms with Crippen molar-refractivity contribution in [1.82, 2.24) is 9.88 Å². The van der Waals surface area contributed by atoms with Gasteiger partial charge in [0.05, 0.1) is 6.10 Å². The minimum atomic E-state index is 0.0643. The van der Waals surface area contributed by atoms with Crippen molar-refractivity contribution >= 4 is 5.91 Å². The predicted octanol–water partition coefficient (Wildman–Crippen LogP) is 2.53. The molecule has 1 aliphatic heterocycles. The zero-order valence-electron chi connectivity index (χ0n) is 12.3. The molecule has 0 spiro atoms. The van der Waals surface area contributed by atoms with Crippen molar-refractivity contribution in [3.63, 3.8) is 0 Å². The van der Waals surface area contributed by atoms with Gasteiger partial charge in [0.15, 0.2) is 0 Å². The maximum Gasteiger partial charge on any atom is 0.223 e. The molecule has 112 valence electrons. The molecule has 0 bridgehead atoms. The summed E-state index contributed by atoms with van der Waals surface area (Å²) in [6.45, 7) is 5.41. The Hall–Kier alpha value is -2.27. The molecule has 21 heavy (non-hydrogen) atoms. The van der Waals surface area contributed by atoms with Crippen LogP contribution in [-0.4, -0.2) is 35.0 Å². The van der Waals surface area contributed by atoms with E-state index < -0.39 is 0 Å². The molecule has 0 aliphatic carbocycles. The number of rotatable bonds is 6. The predicted molar refractivity (Wildman–Crippen MR) is 77.5 cm³/mol.